The van der Waals surface area contributed by atoms with Crippen molar-refractivity contribution in [3.05, 3.63) is 29.2 Å². The minimum absolute atomic E-state index is 0. The predicted molar refractivity (Wildman–Crippen MR) is 56.0 cm³/mol. The van der Waals surface area contributed by atoms with Gasteiger partial charge in [0.05, 0.1) is 6.26 Å². The zero-order chi connectivity index (χ0) is 10.6. The van der Waals surface area contributed by atoms with Crippen molar-refractivity contribution in [3.63, 3.8) is 0 Å². The van der Waals surface area contributed by atoms with Crippen molar-refractivity contribution in [3.8, 4) is 0 Å². The van der Waals surface area contributed by atoms with E-state index in [9.17, 15) is 0 Å². The summed E-state index contributed by atoms with van der Waals surface area (Å²) >= 11 is 1.23. The predicted octanol–water partition coefficient (Wildman–Crippen LogP) is -3.30. The Hall–Kier alpha value is 0.660. The topological polar surface area (TPSA) is 22.4 Å². The molecule has 1 aliphatic rings. The Labute approximate surface area is 127 Å². The zero-order valence-corrected chi connectivity index (χ0v) is 14.7. The van der Waals surface area contributed by atoms with Crippen LogP contribution in [0.15, 0.2) is 22.3 Å². The van der Waals surface area contributed by atoms with E-state index in [0.717, 1.165) is 12.2 Å². The van der Waals surface area contributed by atoms with Gasteiger partial charge in [-0.05, 0) is 25.5 Å². The third kappa shape index (κ3) is 6.41. The molecule has 2 nitrogen and oxygen atoms in total. The second-order valence-electron chi connectivity index (χ2n) is 3.64. The SMILES string of the molecule is CC1=Cc2occc2C1.C[SiH](C)[O][Zr+2].[Cl-].[Cl-]. The van der Waals surface area contributed by atoms with Crippen LogP contribution in [0.2, 0.25) is 13.1 Å². The van der Waals surface area contributed by atoms with Crippen LogP contribution in [0.25, 0.3) is 6.08 Å². The molecule has 1 aliphatic carbocycles. The molecular weight excluding hydrogens is 342 g/mol. The molecule has 1 aromatic rings. The van der Waals surface area contributed by atoms with Gasteiger partial charge in [0.2, 0.25) is 0 Å². The summed E-state index contributed by atoms with van der Waals surface area (Å²) in [5.74, 6) is 1.05. The first-order valence-electron chi connectivity index (χ1n) is 4.69. The van der Waals surface area contributed by atoms with Crippen LogP contribution in [0.1, 0.15) is 18.2 Å². The largest absolute Gasteiger partial charge is 1.00 e. The standard InChI is InChI=1S/C8H8O.C2H7OSi.2ClH.Zr/c1-6-4-7-2-3-9-8(7)5-6;1-4(2)3;;;/h2-3,5H,4H2,1H3;4H,1-2H3;2*1H;/q;-1;;;+3/p-2. The normalized spacial score (nSPS) is 11.8. The van der Waals surface area contributed by atoms with Crippen LogP contribution in [0.4, 0.5) is 0 Å². The van der Waals surface area contributed by atoms with Crippen molar-refractivity contribution >= 4 is 15.1 Å². The molecule has 0 unspecified atom stereocenters. The van der Waals surface area contributed by atoms with Crippen molar-refractivity contribution in [2.45, 2.75) is 26.4 Å². The summed E-state index contributed by atoms with van der Waals surface area (Å²) < 4.78 is 10.1. The van der Waals surface area contributed by atoms with Crippen LogP contribution < -0.4 is 24.8 Å². The fraction of sp³-hybridized carbons (Fsp3) is 0.400. The van der Waals surface area contributed by atoms with Crippen molar-refractivity contribution in [2.24, 2.45) is 0 Å². The maximum atomic E-state index is 5.17. The molecular formula is C10H15Cl2O2SiZr. The van der Waals surface area contributed by atoms with Gasteiger partial charge in [-0.2, -0.15) is 0 Å². The van der Waals surface area contributed by atoms with Gasteiger partial charge in [-0.1, -0.05) is 5.57 Å². The molecule has 0 atom stereocenters. The third-order valence-electron chi connectivity index (χ3n) is 1.86. The van der Waals surface area contributed by atoms with Gasteiger partial charge in [-0.15, -0.1) is 0 Å². The van der Waals surface area contributed by atoms with Gasteiger partial charge in [0, 0.05) is 5.56 Å². The molecule has 1 heterocycles. The number of hydrogen-bond donors (Lipinski definition) is 0. The monoisotopic (exact) mass is 355 g/mol. The summed E-state index contributed by atoms with van der Waals surface area (Å²) in [5, 5.41) is 0. The van der Waals surface area contributed by atoms with Gasteiger partial charge in [-0.25, -0.2) is 0 Å². The average Bonchev–Trinajstić information content (AvgIpc) is 2.64. The van der Waals surface area contributed by atoms with Crippen LogP contribution in [0, 0.1) is 0 Å². The van der Waals surface area contributed by atoms with Crippen LogP contribution in [0.5, 0.6) is 0 Å². The van der Waals surface area contributed by atoms with Gasteiger partial charge >= 0.3 is 49.8 Å². The van der Waals surface area contributed by atoms with Crippen molar-refractivity contribution in [1.82, 2.24) is 0 Å². The first kappa shape index (κ1) is 19.0. The Bertz CT molecular complexity index is 326. The van der Waals surface area contributed by atoms with E-state index in [2.05, 4.69) is 26.1 Å². The Morgan fingerprint density at radius 3 is 2.38 bits per heavy atom. The summed E-state index contributed by atoms with van der Waals surface area (Å²) in [4.78, 5) is 0. The van der Waals surface area contributed by atoms with Crippen molar-refractivity contribution in [2.75, 3.05) is 0 Å². The average molecular weight is 357 g/mol. The fourth-order valence-corrected chi connectivity index (χ4v) is 1.20. The maximum absolute atomic E-state index is 5.17. The van der Waals surface area contributed by atoms with Crippen LogP contribution in [0.3, 0.4) is 0 Å². The van der Waals surface area contributed by atoms with Crippen LogP contribution in [-0.4, -0.2) is 9.04 Å². The van der Waals surface area contributed by atoms with Gasteiger partial charge in [0.25, 0.3) is 0 Å². The molecule has 89 valence electrons. The summed E-state index contributed by atoms with van der Waals surface area (Å²) in [6.07, 6.45) is 4.91. The van der Waals surface area contributed by atoms with Crippen molar-refractivity contribution in [1.29, 1.82) is 0 Å². The molecule has 0 bridgehead atoms. The first-order chi connectivity index (χ1) is 6.63. The minimum atomic E-state index is -0.610. The van der Waals surface area contributed by atoms with E-state index in [1.165, 1.54) is 36.3 Å². The van der Waals surface area contributed by atoms with E-state index in [1.807, 2.05) is 6.07 Å². The number of hydrogen-bond acceptors (Lipinski definition) is 2. The second-order valence-corrected chi connectivity index (χ2v) is 7.72. The Morgan fingerprint density at radius 1 is 1.38 bits per heavy atom. The van der Waals surface area contributed by atoms with Gasteiger partial charge < -0.3 is 29.2 Å². The van der Waals surface area contributed by atoms with Crippen molar-refractivity contribution < 1.29 is 56.9 Å². The molecule has 2 rings (SSSR count). The van der Waals surface area contributed by atoms with E-state index >= 15 is 0 Å². The molecule has 0 saturated heterocycles. The Morgan fingerprint density at radius 2 is 1.94 bits per heavy atom. The number of furan rings is 1. The summed E-state index contributed by atoms with van der Waals surface area (Å²) in [6, 6.07) is 2.03. The van der Waals surface area contributed by atoms with E-state index in [-0.39, 0.29) is 24.8 Å². The Kier molecular flexibility index (Phi) is 11.5. The molecule has 16 heavy (non-hydrogen) atoms. The smallest absolute Gasteiger partial charge is 1.00 e. The summed E-state index contributed by atoms with van der Waals surface area (Å²) in [6.45, 7) is 6.44. The molecule has 0 amide bonds. The Balaban J connectivity index is 0. The van der Waals surface area contributed by atoms with Crippen LogP contribution in [-0.2, 0) is 34.1 Å². The zero-order valence-electron chi connectivity index (χ0n) is 9.59. The van der Waals surface area contributed by atoms with Gasteiger partial charge in [0.15, 0.2) is 0 Å². The molecule has 6 heteroatoms. The molecule has 0 aromatic carbocycles. The van der Waals surface area contributed by atoms with E-state index < -0.39 is 9.04 Å². The van der Waals surface area contributed by atoms with E-state index in [4.69, 9.17) is 6.92 Å². The maximum Gasteiger partial charge on any atom is -1.00 e. The molecule has 0 fully saturated rings. The molecule has 0 spiro atoms. The quantitative estimate of drug-likeness (QED) is 0.492. The molecule has 0 saturated carbocycles. The number of halogens is 2. The molecule has 0 radical (unpaired) electrons. The molecule has 1 aromatic heterocycles. The first-order valence-corrected chi connectivity index (χ1v) is 8.48. The van der Waals surface area contributed by atoms with Crippen LogP contribution >= 0.6 is 0 Å². The molecule has 0 aliphatic heterocycles. The summed E-state index contributed by atoms with van der Waals surface area (Å²) in [7, 11) is -0.610. The minimum Gasteiger partial charge on any atom is -1.00 e. The second kappa shape index (κ2) is 9.67. The van der Waals surface area contributed by atoms with E-state index in [1.54, 1.807) is 6.26 Å². The third-order valence-corrected chi connectivity index (χ3v) is 5.81. The number of rotatable bonds is 1. The number of fused-ring (bicyclic) bond motifs is 1. The molecule has 0 N–H and O–H groups in total. The van der Waals surface area contributed by atoms with Gasteiger partial charge in [0.1, 0.15) is 5.76 Å². The van der Waals surface area contributed by atoms with Gasteiger partial charge in [-0.3, -0.25) is 0 Å². The number of allylic oxidation sites excluding steroid dienone is 1. The van der Waals surface area contributed by atoms with E-state index in [0.29, 0.717) is 0 Å². The summed E-state index contributed by atoms with van der Waals surface area (Å²) in [5.41, 5.74) is 2.72. The fourth-order valence-electron chi connectivity index (χ4n) is 1.20.